The van der Waals surface area contributed by atoms with Crippen LogP contribution in [-0.2, 0) is 12.8 Å². The first kappa shape index (κ1) is 29.5. The van der Waals surface area contributed by atoms with Crippen molar-refractivity contribution in [2.24, 2.45) is 5.10 Å². The van der Waals surface area contributed by atoms with Crippen LogP contribution >= 0.6 is 59.4 Å². The minimum absolute atomic E-state index is 0.0405. The lowest BCUT2D eigenvalue weighted by Gasteiger charge is -2.13. The first-order valence-electron chi connectivity index (χ1n) is 11.8. The first-order valence-corrected chi connectivity index (χ1v) is 14.6. The number of fused-ring (bicyclic) bond motifs is 1. The number of rotatable bonds is 6. The summed E-state index contributed by atoms with van der Waals surface area (Å²) in [4.78, 5) is 17.9. The average Bonchev–Trinajstić information content (AvgIpc) is 2.92. The minimum atomic E-state index is -4.57. The van der Waals surface area contributed by atoms with Crippen molar-refractivity contribution in [2.45, 2.75) is 12.8 Å². The van der Waals surface area contributed by atoms with Crippen molar-refractivity contribution < 1.29 is 17.9 Å². The monoisotopic (exact) mass is 767 g/mol. The Balaban J connectivity index is 1.52. The van der Waals surface area contributed by atoms with Crippen LogP contribution < -0.4 is 10.3 Å². The lowest BCUT2D eigenvalue weighted by molar-refractivity contribution is -0.137. The first-order chi connectivity index (χ1) is 19.5. The summed E-state index contributed by atoms with van der Waals surface area (Å²) in [6.07, 6.45) is -3.19. The number of nitrogens with zero attached hydrogens (tertiary/aromatic N) is 3. The number of para-hydroxylation sites is 1. The Labute approximate surface area is 262 Å². The summed E-state index contributed by atoms with van der Waals surface area (Å²) in [6, 6.07) is 20.2. The zero-order valence-electron chi connectivity index (χ0n) is 20.6. The molecule has 0 fully saturated rings. The number of alkyl halides is 3. The van der Waals surface area contributed by atoms with Gasteiger partial charge in [0.25, 0.3) is 5.56 Å². The number of ether oxygens (including phenoxy) is 1. The van der Waals surface area contributed by atoms with Gasteiger partial charge in [-0.2, -0.15) is 22.9 Å². The molecule has 0 unspecified atom stereocenters. The number of halogens is 7. The van der Waals surface area contributed by atoms with E-state index in [1.807, 2.05) is 18.2 Å². The molecule has 0 atom stereocenters. The second-order valence-electron chi connectivity index (χ2n) is 8.73. The fraction of sp³-hybridized carbons (Fsp3) is 0.0690. The van der Waals surface area contributed by atoms with Crippen LogP contribution in [0.2, 0.25) is 5.02 Å². The number of hydrogen-bond donors (Lipinski definition) is 0. The van der Waals surface area contributed by atoms with Crippen molar-refractivity contribution in [3.8, 4) is 17.1 Å². The Bertz CT molecular complexity index is 1850. The van der Waals surface area contributed by atoms with Crippen LogP contribution in [0.25, 0.3) is 22.3 Å². The topological polar surface area (TPSA) is 56.5 Å². The molecule has 0 aliphatic rings. The summed E-state index contributed by atoms with van der Waals surface area (Å²) < 4.78 is 49.6. The second kappa shape index (κ2) is 12.1. The van der Waals surface area contributed by atoms with Crippen LogP contribution in [0.1, 0.15) is 16.7 Å². The van der Waals surface area contributed by atoms with Gasteiger partial charge in [-0.25, -0.2) is 4.98 Å². The summed E-state index contributed by atoms with van der Waals surface area (Å²) in [5.41, 5.74) is 0.433. The van der Waals surface area contributed by atoms with Gasteiger partial charge in [-0.05, 0) is 70.0 Å². The van der Waals surface area contributed by atoms with E-state index >= 15 is 0 Å². The number of hydrogen-bond acceptors (Lipinski definition) is 4. The van der Waals surface area contributed by atoms with Gasteiger partial charge >= 0.3 is 6.18 Å². The fourth-order valence-electron chi connectivity index (χ4n) is 3.96. The highest BCUT2D eigenvalue weighted by Gasteiger charge is 2.31. The van der Waals surface area contributed by atoms with Crippen LogP contribution in [0.5, 0.6) is 5.75 Å². The van der Waals surface area contributed by atoms with E-state index in [-0.39, 0.29) is 28.4 Å². The van der Waals surface area contributed by atoms with Gasteiger partial charge < -0.3 is 4.74 Å². The van der Waals surface area contributed by atoms with Crippen molar-refractivity contribution in [1.29, 1.82) is 0 Å². The third-order valence-corrected chi connectivity index (χ3v) is 8.03. The van der Waals surface area contributed by atoms with Crippen LogP contribution in [0.3, 0.4) is 0 Å². The van der Waals surface area contributed by atoms with E-state index in [0.29, 0.717) is 21.3 Å². The van der Waals surface area contributed by atoms with E-state index in [0.717, 1.165) is 31.3 Å². The third kappa shape index (κ3) is 6.58. The zero-order chi connectivity index (χ0) is 29.3. The molecule has 0 saturated heterocycles. The predicted molar refractivity (Wildman–Crippen MR) is 165 cm³/mol. The largest absolute Gasteiger partial charge is 0.486 e. The predicted octanol–water partition coefficient (Wildman–Crippen LogP) is 9.48. The zero-order valence-corrected chi connectivity index (χ0v) is 26.1. The third-order valence-electron chi connectivity index (χ3n) is 5.93. The van der Waals surface area contributed by atoms with Crippen LogP contribution in [0.4, 0.5) is 13.2 Å². The molecule has 0 aliphatic carbocycles. The summed E-state index contributed by atoms with van der Waals surface area (Å²) in [5, 5.41) is 4.88. The maximum absolute atomic E-state index is 13.4. The van der Waals surface area contributed by atoms with E-state index in [1.165, 1.54) is 18.3 Å². The van der Waals surface area contributed by atoms with Gasteiger partial charge in [-0.3, -0.25) is 4.79 Å². The molecule has 1 heterocycles. The average molecular weight is 771 g/mol. The molecule has 5 nitrogen and oxygen atoms in total. The van der Waals surface area contributed by atoms with Gasteiger partial charge in [0, 0.05) is 20.1 Å². The van der Waals surface area contributed by atoms with E-state index < -0.39 is 17.3 Å². The van der Waals surface area contributed by atoms with Gasteiger partial charge in [0.1, 0.15) is 6.61 Å². The van der Waals surface area contributed by atoms with Crippen molar-refractivity contribution in [3.05, 3.63) is 124 Å². The van der Waals surface area contributed by atoms with Crippen LogP contribution in [-0.4, -0.2) is 15.9 Å². The Morgan fingerprint density at radius 1 is 0.951 bits per heavy atom. The molecular weight excluding hydrogens is 754 g/mol. The van der Waals surface area contributed by atoms with Crippen molar-refractivity contribution >= 4 is 76.5 Å². The number of benzene rings is 4. The van der Waals surface area contributed by atoms with Crippen molar-refractivity contribution in [2.75, 3.05) is 0 Å². The van der Waals surface area contributed by atoms with Gasteiger partial charge in [0.05, 0.1) is 32.2 Å². The molecule has 5 aromatic rings. The maximum Gasteiger partial charge on any atom is 0.416 e. The fourth-order valence-corrected chi connectivity index (χ4v) is 6.11. The molecule has 208 valence electrons. The highest BCUT2D eigenvalue weighted by atomic mass is 79.9. The molecule has 5 rings (SSSR count). The summed E-state index contributed by atoms with van der Waals surface area (Å²) in [6.45, 7) is 0.248. The molecule has 0 saturated carbocycles. The molecule has 0 aliphatic heterocycles. The Hall–Kier alpha value is -2.99. The molecule has 0 spiro atoms. The number of aromatic nitrogens is 2. The van der Waals surface area contributed by atoms with Gasteiger partial charge in [0.15, 0.2) is 11.6 Å². The van der Waals surface area contributed by atoms with E-state index in [2.05, 4.69) is 57.9 Å². The Kier molecular flexibility index (Phi) is 8.70. The molecule has 0 amide bonds. The van der Waals surface area contributed by atoms with E-state index in [4.69, 9.17) is 16.3 Å². The standard InChI is InChI=1S/C29H16Br3ClF3N3O2/c30-20-9-8-18(22(31)13-20)15-41-26-23(32)10-16(11-24(26)33)14-37-39-27(17-4-3-5-19(12-17)29(34,35)36)38-25-7-2-1-6-21(25)28(39)40/h1-14H,15H2. The smallest absolute Gasteiger partial charge is 0.416 e. The second-order valence-corrected chi connectivity index (χ2v) is 11.8. The minimum Gasteiger partial charge on any atom is -0.486 e. The molecule has 41 heavy (non-hydrogen) atoms. The van der Waals surface area contributed by atoms with Crippen molar-refractivity contribution in [3.63, 3.8) is 0 Å². The summed E-state index contributed by atoms with van der Waals surface area (Å²) in [5.74, 6) is 0.370. The molecule has 0 radical (unpaired) electrons. The molecule has 4 aromatic carbocycles. The van der Waals surface area contributed by atoms with E-state index in [1.54, 1.807) is 36.4 Å². The Morgan fingerprint density at radius 2 is 1.73 bits per heavy atom. The Morgan fingerprint density at radius 3 is 2.46 bits per heavy atom. The lowest BCUT2D eigenvalue weighted by atomic mass is 10.1. The maximum atomic E-state index is 13.4. The quantitative estimate of drug-likeness (QED) is 0.162. The van der Waals surface area contributed by atoms with Crippen LogP contribution in [0.15, 0.2) is 102 Å². The van der Waals surface area contributed by atoms with Gasteiger partial charge in [-0.15, -0.1) is 0 Å². The highest BCUT2D eigenvalue weighted by molar-refractivity contribution is 9.11. The highest BCUT2D eigenvalue weighted by Crippen LogP contribution is 2.36. The van der Waals surface area contributed by atoms with Gasteiger partial charge in [0.2, 0.25) is 0 Å². The molecule has 12 heteroatoms. The van der Waals surface area contributed by atoms with Crippen molar-refractivity contribution in [1.82, 2.24) is 9.66 Å². The lowest BCUT2D eigenvalue weighted by Crippen LogP contribution is -2.20. The molecule has 1 aromatic heterocycles. The SMILES string of the molecule is O=c1c2ccccc2nc(-c2cccc(C(F)(F)F)c2)n1N=Cc1cc(Cl)c(OCc2ccc(Br)cc2Br)c(Br)c1. The van der Waals surface area contributed by atoms with E-state index in [9.17, 15) is 18.0 Å². The molecular formula is C29H16Br3ClF3N3O2. The summed E-state index contributed by atoms with van der Waals surface area (Å²) in [7, 11) is 0. The molecule has 0 bridgehead atoms. The normalized spacial score (nSPS) is 11.9. The van der Waals surface area contributed by atoms with Gasteiger partial charge in [-0.1, -0.05) is 73.8 Å². The summed E-state index contributed by atoms with van der Waals surface area (Å²) >= 11 is 16.9. The van der Waals surface area contributed by atoms with Crippen LogP contribution in [0, 0.1) is 0 Å². The molecule has 0 N–H and O–H groups in total.